The number of carbonyl (C=O) groups excluding carboxylic acids is 3. The summed E-state index contributed by atoms with van der Waals surface area (Å²) in [4.78, 5) is 51.4. The summed E-state index contributed by atoms with van der Waals surface area (Å²) in [5.41, 5.74) is 0.835. The van der Waals surface area contributed by atoms with E-state index in [-0.39, 0.29) is 55.7 Å². The number of esters is 1. The minimum atomic E-state index is -1.96. The molecule has 0 spiro atoms. The number of nitrogens with one attached hydrogen (secondary N) is 2. The highest BCUT2D eigenvalue weighted by Gasteiger charge is 2.50. The first-order chi connectivity index (χ1) is 28.8. The number of hydrogen-bond acceptors (Lipinski definition) is 13. The van der Waals surface area contributed by atoms with Gasteiger partial charge in [0.25, 0.3) is 11.7 Å². The summed E-state index contributed by atoms with van der Waals surface area (Å²) in [6.45, 7) is 18.4. The number of methoxy groups -OCH3 is 1. The second-order valence-electron chi connectivity index (χ2n) is 16.8. The van der Waals surface area contributed by atoms with Gasteiger partial charge >= 0.3 is 11.8 Å². The largest absolute Gasteiger partial charge is 0.507 e. The van der Waals surface area contributed by atoms with Gasteiger partial charge in [-0.3, -0.25) is 14.4 Å². The first-order valence-electron chi connectivity index (χ1n) is 21.3. The highest BCUT2D eigenvalue weighted by atomic mass is 16.7. The van der Waals surface area contributed by atoms with Gasteiger partial charge in [-0.15, -0.1) is 0 Å². The Morgan fingerprint density at radius 2 is 1.61 bits per heavy atom. The van der Waals surface area contributed by atoms with Crippen molar-refractivity contribution in [1.29, 1.82) is 0 Å². The van der Waals surface area contributed by atoms with E-state index in [0.29, 0.717) is 19.0 Å². The number of rotatable bonds is 9. The van der Waals surface area contributed by atoms with Gasteiger partial charge in [0.2, 0.25) is 5.95 Å². The number of Topliss-reactive ketones (excluding diaryl/α,β-unsaturated/α-hetero) is 1. The van der Waals surface area contributed by atoms with Crippen LogP contribution in [0.3, 0.4) is 0 Å². The Balaban J connectivity index is 1.76. The maximum Gasteiger partial charge on any atom is 0.312 e. The fraction of sp³-hybridized carbons (Fsp3) is 0.565. The molecule has 61 heavy (non-hydrogen) atoms. The van der Waals surface area contributed by atoms with Crippen LogP contribution in [0.2, 0.25) is 0 Å². The fourth-order valence-corrected chi connectivity index (χ4v) is 8.37. The molecule has 1 aromatic heterocycles. The molecule has 2 aromatic carbocycles. The number of unbranched alkanes of at least 4 members (excludes halogenated alkanes) is 2. The number of fused-ring (bicyclic) bond motifs is 1. The van der Waals surface area contributed by atoms with Gasteiger partial charge in [0.15, 0.2) is 5.75 Å². The second kappa shape index (κ2) is 19.3. The van der Waals surface area contributed by atoms with Crippen LogP contribution in [0.25, 0.3) is 21.8 Å². The number of ether oxygens (including phenoxy) is 4. The number of phenolic OH excluding ortho intramolecular Hbond substituents is 2. The standard InChI is InChI=1S/C46H64N4O11/c1-12-14-20-50(21-15-13-2)45-48-34-31-32-39(54)28(8)42-33(31)43(56)46(10,61-42)59-22-19-30(58-11)25(5)41(60-29(9)51)27(7)38(53)26(6)37(52)23(3)17-16-18-24(4)44(57)47-36(40(32)55)35(34)49-45/h16-19,22-23,25-27,30,37-38,41,52-55H,12-15,20-21H2,1-11H3,(H,47,57)(H,48,49)/b17-16+,22-19+,24-18-/t23-,25+,26+,27+,30-,37-,38+,41+,46-/m0/s1. The number of aromatic nitrogens is 2. The van der Waals surface area contributed by atoms with E-state index in [1.165, 1.54) is 27.2 Å². The lowest BCUT2D eigenvalue weighted by molar-refractivity contribution is -0.160. The average Bonchev–Trinajstić information content (AvgIpc) is 3.78. The zero-order valence-corrected chi connectivity index (χ0v) is 37.3. The van der Waals surface area contributed by atoms with Crippen molar-refractivity contribution in [2.45, 2.75) is 125 Å². The van der Waals surface area contributed by atoms with Crippen molar-refractivity contribution in [3.8, 4) is 17.2 Å². The number of ketones is 1. The van der Waals surface area contributed by atoms with Gasteiger partial charge in [0.1, 0.15) is 28.8 Å². The van der Waals surface area contributed by atoms with Gasteiger partial charge in [0.05, 0.1) is 41.0 Å². The predicted molar refractivity (Wildman–Crippen MR) is 234 cm³/mol. The summed E-state index contributed by atoms with van der Waals surface area (Å²) in [5, 5.41) is 49.7. The summed E-state index contributed by atoms with van der Waals surface area (Å²) in [7, 11) is 1.47. The number of H-pyrrole nitrogens is 1. The molecule has 0 unspecified atom stereocenters. The third kappa shape index (κ3) is 9.24. The van der Waals surface area contributed by atoms with Gasteiger partial charge in [-0.05, 0) is 32.8 Å². The number of aromatic amines is 1. The molecule has 9 atom stereocenters. The fourth-order valence-electron chi connectivity index (χ4n) is 8.37. The molecule has 1 amide bonds. The van der Waals surface area contributed by atoms with Crippen LogP contribution in [-0.4, -0.2) is 98.5 Å². The molecule has 0 saturated carbocycles. The molecule has 3 aromatic rings. The minimum Gasteiger partial charge on any atom is -0.507 e. The number of aliphatic hydroxyl groups is 2. The summed E-state index contributed by atoms with van der Waals surface area (Å²) < 4.78 is 24.0. The zero-order chi connectivity index (χ0) is 45.1. The Morgan fingerprint density at radius 1 is 0.951 bits per heavy atom. The van der Waals surface area contributed by atoms with Crippen molar-refractivity contribution >= 4 is 51.1 Å². The van der Waals surface area contributed by atoms with Crippen molar-refractivity contribution in [2.75, 3.05) is 30.4 Å². The third-order valence-corrected chi connectivity index (χ3v) is 12.3. The van der Waals surface area contributed by atoms with Crippen LogP contribution in [0, 0.1) is 30.6 Å². The van der Waals surface area contributed by atoms with Gasteiger partial charge in [0, 0.05) is 74.2 Å². The number of anilines is 2. The first-order valence-corrected chi connectivity index (χ1v) is 21.3. The Bertz CT molecular complexity index is 2200. The van der Waals surface area contributed by atoms with Gasteiger partial charge < -0.3 is 54.6 Å². The van der Waals surface area contributed by atoms with Crippen molar-refractivity contribution in [3.05, 3.63) is 47.3 Å². The number of allylic oxidation sites excluding steroid dienone is 2. The van der Waals surface area contributed by atoms with Gasteiger partial charge in [-0.2, -0.15) is 0 Å². The van der Waals surface area contributed by atoms with E-state index < -0.39 is 77.3 Å². The molecule has 6 N–H and O–H groups in total. The molecule has 0 fully saturated rings. The van der Waals surface area contributed by atoms with E-state index in [2.05, 4.69) is 29.0 Å². The predicted octanol–water partition coefficient (Wildman–Crippen LogP) is 7.33. The average molecular weight is 849 g/mol. The topological polar surface area (TPSA) is 213 Å². The van der Waals surface area contributed by atoms with E-state index >= 15 is 0 Å². The maximum atomic E-state index is 14.7. The highest BCUT2D eigenvalue weighted by Crippen LogP contribution is 2.54. The Hall–Kier alpha value is -5.12. The van der Waals surface area contributed by atoms with E-state index in [4.69, 9.17) is 23.9 Å². The number of aliphatic hydroxyl groups excluding tert-OH is 2. The Morgan fingerprint density at radius 3 is 2.21 bits per heavy atom. The van der Waals surface area contributed by atoms with Crippen LogP contribution in [0.5, 0.6) is 17.2 Å². The lowest BCUT2D eigenvalue weighted by Gasteiger charge is -2.38. The number of amides is 1. The first kappa shape index (κ1) is 46.9. The van der Waals surface area contributed by atoms with E-state index in [1.54, 1.807) is 65.8 Å². The molecule has 0 aliphatic carbocycles. The maximum absolute atomic E-state index is 14.7. The number of imidazole rings is 1. The number of benzene rings is 2. The van der Waals surface area contributed by atoms with Gasteiger partial charge in [-0.1, -0.05) is 72.6 Å². The molecule has 2 aliphatic heterocycles. The summed E-state index contributed by atoms with van der Waals surface area (Å²) >= 11 is 0. The number of nitrogens with zero attached hydrogens (tertiary/aromatic N) is 2. The molecule has 3 heterocycles. The van der Waals surface area contributed by atoms with Crippen molar-refractivity contribution in [2.24, 2.45) is 23.7 Å². The van der Waals surface area contributed by atoms with Crippen molar-refractivity contribution in [1.82, 2.24) is 9.97 Å². The number of aromatic hydroxyl groups is 2. The summed E-state index contributed by atoms with van der Waals surface area (Å²) in [6, 6.07) is 0. The van der Waals surface area contributed by atoms with Crippen LogP contribution < -0.4 is 15.0 Å². The van der Waals surface area contributed by atoms with Crippen LogP contribution >= 0.6 is 0 Å². The van der Waals surface area contributed by atoms with Crippen molar-refractivity contribution in [3.63, 3.8) is 0 Å². The zero-order valence-electron chi connectivity index (χ0n) is 37.3. The minimum absolute atomic E-state index is 0.0292. The highest BCUT2D eigenvalue weighted by molar-refractivity contribution is 6.28. The molecular weight excluding hydrogens is 785 g/mol. The van der Waals surface area contributed by atoms with Crippen LogP contribution in [0.1, 0.15) is 104 Å². The molecule has 0 saturated heterocycles. The van der Waals surface area contributed by atoms with Crippen LogP contribution in [0.4, 0.5) is 11.6 Å². The van der Waals surface area contributed by atoms with E-state index in [9.17, 15) is 34.8 Å². The van der Waals surface area contributed by atoms with Crippen LogP contribution in [-0.2, 0) is 23.8 Å². The van der Waals surface area contributed by atoms with Crippen molar-refractivity contribution < 1.29 is 53.8 Å². The molecule has 2 aliphatic rings. The lowest BCUT2D eigenvalue weighted by atomic mass is 9.78. The molecule has 334 valence electrons. The molecular formula is C46H64N4O11. The smallest absolute Gasteiger partial charge is 0.312 e. The monoisotopic (exact) mass is 848 g/mol. The normalized spacial score (nSPS) is 29.5. The van der Waals surface area contributed by atoms with E-state index in [0.717, 1.165) is 25.7 Å². The molecule has 15 heteroatoms. The van der Waals surface area contributed by atoms with E-state index in [1.807, 2.05) is 0 Å². The molecule has 4 bridgehead atoms. The molecule has 15 nitrogen and oxygen atoms in total. The number of hydrogen-bond donors (Lipinski definition) is 6. The van der Waals surface area contributed by atoms with Crippen LogP contribution in [0.15, 0.2) is 36.1 Å². The number of carbonyl (C=O) groups is 3. The lowest BCUT2D eigenvalue weighted by Crippen LogP contribution is -2.46. The molecule has 5 rings (SSSR count). The Kier molecular flexibility index (Phi) is 14.8. The Labute approximate surface area is 357 Å². The summed E-state index contributed by atoms with van der Waals surface area (Å²) in [5.74, 6) is -6.46. The van der Waals surface area contributed by atoms with Gasteiger partial charge in [-0.25, -0.2) is 4.98 Å². The summed E-state index contributed by atoms with van der Waals surface area (Å²) in [6.07, 6.45) is 7.56. The quantitative estimate of drug-likeness (QED) is 0.0921. The number of phenols is 2. The second-order valence-corrected chi connectivity index (χ2v) is 16.8. The molecule has 0 radical (unpaired) electrons. The SMILES string of the molecule is CCCCN(CCCC)c1nc2c([nH]1)c1c(O)c3c(O)c(C)c4c(c32)C(=O)[C@@](C)(O/C=C/[C@H](OC)[C@@H](C)[C@@H](OC(C)=O)[C@H](C)[C@H](O)[C@H](C)[C@@H](O)[C@@H](C)/C=C/C=C(/C)C(=O)N1)O4. The third-order valence-electron chi connectivity index (χ3n) is 12.3.